The van der Waals surface area contributed by atoms with E-state index in [0.717, 1.165) is 135 Å². The number of unbranched alkanes of at least 4 members (excludes halogenated alkanes) is 25. The third kappa shape index (κ3) is 71.5. The van der Waals surface area contributed by atoms with Crippen molar-refractivity contribution < 1.29 is 24.2 Å². The van der Waals surface area contributed by atoms with Crippen LogP contribution in [0, 0.1) is 0 Å². The number of aliphatic hydroxyl groups excluding tert-OH is 1. The normalized spacial score (nSPS) is 13.4. The summed E-state index contributed by atoms with van der Waals surface area (Å²) in [5.41, 5.74) is 0. The van der Waals surface area contributed by atoms with Crippen LogP contribution in [0.2, 0.25) is 0 Å². The second kappa shape index (κ2) is 74.3. The Morgan fingerprint density at radius 2 is 0.465 bits per heavy atom. The van der Waals surface area contributed by atoms with Crippen LogP contribution in [0.4, 0.5) is 0 Å². The SMILES string of the molecule is CC/C=C\C/C=C\C/C=C\C/C=C\C/C=C\C/C=C\C/C=C\C/C=C\CCCCCCCCCCCCCCC(=O)OC(CO)COC(=O)CCCCCCCCCCCCCCC/C=C\C/C=C\C/C=C\C/C=C\C/C=C\C/C=C\C/C=C\CC. The van der Waals surface area contributed by atoms with Crippen LogP contribution in [-0.4, -0.2) is 36.4 Å². The van der Waals surface area contributed by atoms with E-state index in [0.29, 0.717) is 12.8 Å². The first-order chi connectivity index (χ1) is 42.6. The van der Waals surface area contributed by atoms with Gasteiger partial charge in [-0.05, 0) is 135 Å². The zero-order valence-electron chi connectivity index (χ0n) is 55.5. The van der Waals surface area contributed by atoms with Gasteiger partial charge in [-0.3, -0.25) is 9.59 Å². The molecule has 0 radical (unpaired) electrons. The molecular weight excluding hydrogens is 1050 g/mol. The first kappa shape index (κ1) is 81.0. The van der Waals surface area contributed by atoms with Gasteiger partial charge in [0.1, 0.15) is 6.61 Å². The Balaban J connectivity index is 3.54. The minimum Gasteiger partial charge on any atom is -0.462 e. The van der Waals surface area contributed by atoms with Crippen LogP contribution in [0.3, 0.4) is 0 Å². The molecule has 0 bridgehead atoms. The minimum absolute atomic E-state index is 0.0756. The average Bonchev–Trinajstić information content (AvgIpc) is 3.53. The topological polar surface area (TPSA) is 72.8 Å². The highest BCUT2D eigenvalue weighted by Crippen LogP contribution is 2.16. The van der Waals surface area contributed by atoms with E-state index in [1.807, 2.05) is 0 Å². The quantitative estimate of drug-likeness (QED) is 0.0373. The molecule has 0 spiro atoms. The van der Waals surface area contributed by atoms with E-state index in [4.69, 9.17) is 9.47 Å². The van der Waals surface area contributed by atoms with Gasteiger partial charge in [-0.1, -0.05) is 331 Å². The molecule has 0 aromatic carbocycles. The van der Waals surface area contributed by atoms with Gasteiger partial charge < -0.3 is 14.6 Å². The summed E-state index contributed by atoms with van der Waals surface area (Å²) in [7, 11) is 0. The summed E-state index contributed by atoms with van der Waals surface area (Å²) >= 11 is 0. The van der Waals surface area contributed by atoms with Gasteiger partial charge in [0.15, 0.2) is 6.10 Å². The predicted molar refractivity (Wildman–Crippen MR) is 380 cm³/mol. The lowest BCUT2D eigenvalue weighted by molar-refractivity contribution is -0.161. The fourth-order valence-electron chi connectivity index (χ4n) is 9.49. The summed E-state index contributed by atoms with van der Waals surface area (Å²) in [4.78, 5) is 24.7. The van der Waals surface area contributed by atoms with Gasteiger partial charge in [0.2, 0.25) is 0 Å². The predicted octanol–water partition coefficient (Wildman–Crippen LogP) is 25.0. The third-order valence-electron chi connectivity index (χ3n) is 14.7. The fourth-order valence-corrected chi connectivity index (χ4v) is 9.49. The molecule has 0 aliphatic rings. The van der Waals surface area contributed by atoms with Crippen molar-refractivity contribution in [1.82, 2.24) is 0 Å². The van der Waals surface area contributed by atoms with Gasteiger partial charge in [-0.2, -0.15) is 0 Å². The highest BCUT2D eigenvalue weighted by molar-refractivity contribution is 5.70. The lowest BCUT2D eigenvalue weighted by Crippen LogP contribution is -2.28. The molecule has 86 heavy (non-hydrogen) atoms. The van der Waals surface area contributed by atoms with Crippen molar-refractivity contribution in [3.8, 4) is 0 Å². The molecule has 0 aliphatic heterocycles. The maximum absolute atomic E-state index is 12.4. The Labute approximate surface area is 531 Å². The number of carbonyl (C=O) groups excluding carboxylic acids is 2. The van der Waals surface area contributed by atoms with Crippen LogP contribution in [0.1, 0.15) is 296 Å². The van der Waals surface area contributed by atoms with Crippen LogP contribution in [0.15, 0.2) is 182 Å². The molecule has 5 nitrogen and oxygen atoms in total. The highest BCUT2D eigenvalue weighted by Gasteiger charge is 2.16. The molecule has 0 aromatic heterocycles. The Morgan fingerprint density at radius 1 is 0.267 bits per heavy atom. The molecule has 0 rings (SSSR count). The first-order valence-electron chi connectivity index (χ1n) is 35.3. The Kier molecular flexibility index (Phi) is 69.9. The van der Waals surface area contributed by atoms with Crippen LogP contribution in [0.5, 0.6) is 0 Å². The summed E-state index contributed by atoms with van der Waals surface area (Å²) in [6, 6.07) is 0. The summed E-state index contributed by atoms with van der Waals surface area (Å²) < 4.78 is 10.8. The Hall–Kier alpha value is -5.00. The molecular formula is C81H130O5. The van der Waals surface area contributed by atoms with E-state index in [9.17, 15) is 14.7 Å². The number of allylic oxidation sites excluding steroid dienone is 30. The van der Waals surface area contributed by atoms with E-state index in [2.05, 4.69) is 196 Å². The number of ether oxygens (including phenoxy) is 2. The lowest BCUT2D eigenvalue weighted by atomic mass is 10.0. The molecule has 1 atom stereocenters. The molecule has 0 heterocycles. The molecule has 0 fully saturated rings. The molecule has 484 valence electrons. The van der Waals surface area contributed by atoms with Gasteiger partial charge in [0.25, 0.3) is 0 Å². The molecule has 1 unspecified atom stereocenters. The molecule has 0 amide bonds. The van der Waals surface area contributed by atoms with Gasteiger partial charge in [0, 0.05) is 12.8 Å². The van der Waals surface area contributed by atoms with E-state index >= 15 is 0 Å². The van der Waals surface area contributed by atoms with Crippen molar-refractivity contribution in [3.05, 3.63) is 182 Å². The van der Waals surface area contributed by atoms with Gasteiger partial charge in [-0.25, -0.2) is 0 Å². The maximum Gasteiger partial charge on any atom is 0.306 e. The molecule has 0 aliphatic carbocycles. The highest BCUT2D eigenvalue weighted by atomic mass is 16.6. The van der Waals surface area contributed by atoms with Crippen molar-refractivity contribution in [2.24, 2.45) is 0 Å². The van der Waals surface area contributed by atoms with Crippen LogP contribution in [-0.2, 0) is 19.1 Å². The smallest absolute Gasteiger partial charge is 0.306 e. The molecule has 5 heteroatoms. The van der Waals surface area contributed by atoms with E-state index in [1.54, 1.807) is 0 Å². The number of carbonyl (C=O) groups is 2. The van der Waals surface area contributed by atoms with Crippen LogP contribution >= 0.6 is 0 Å². The van der Waals surface area contributed by atoms with Crippen molar-refractivity contribution in [2.75, 3.05) is 13.2 Å². The Morgan fingerprint density at radius 3 is 0.698 bits per heavy atom. The zero-order valence-corrected chi connectivity index (χ0v) is 55.5. The summed E-state index contributed by atoms with van der Waals surface area (Å²) in [6.07, 6.45) is 116. The number of esters is 2. The first-order valence-corrected chi connectivity index (χ1v) is 35.3. The maximum atomic E-state index is 12.4. The number of rotatable bonds is 63. The monoisotopic (exact) mass is 1180 g/mol. The lowest BCUT2D eigenvalue weighted by Gasteiger charge is -2.15. The van der Waals surface area contributed by atoms with E-state index in [-0.39, 0.29) is 25.2 Å². The summed E-state index contributed by atoms with van der Waals surface area (Å²) in [5.74, 6) is -0.598. The molecule has 0 aromatic rings. The molecule has 0 saturated carbocycles. The van der Waals surface area contributed by atoms with Crippen LogP contribution in [0.25, 0.3) is 0 Å². The molecule has 1 N–H and O–H groups in total. The summed E-state index contributed by atoms with van der Waals surface area (Å²) in [6.45, 7) is 3.92. The zero-order chi connectivity index (χ0) is 61.9. The van der Waals surface area contributed by atoms with Gasteiger partial charge >= 0.3 is 11.9 Å². The Bertz CT molecular complexity index is 1920. The average molecular weight is 1180 g/mol. The third-order valence-corrected chi connectivity index (χ3v) is 14.7. The van der Waals surface area contributed by atoms with Crippen molar-refractivity contribution in [2.45, 2.75) is 302 Å². The fraction of sp³-hybridized carbons (Fsp3) is 0.605. The minimum atomic E-state index is -0.787. The number of hydrogen-bond acceptors (Lipinski definition) is 5. The van der Waals surface area contributed by atoms with E-state index < -0.39 is 6.10 Å². The van der Waals surface area contributed by atoms with Crippen molar-refractivity contribution in [3.63, 3.8) is 0 Å². The summed E-state index contributed by atoms with van der Waals surface area (Å²) in [5, 5.41) is 9.71. The van der Waals surface area contributed by atoms with Crippen LogP contribution < -0.4 is 0 Å². The number of hydrogen-bond donors (Lipinski definition) is 1. The number of aliphatic hydroxyl groups is 1. The second-order valence-electron chi connectivity index (χ2n) is 22.8. The van der Waals surface area contributed by atoms with Gasteiger partial charge in [0.05, 0.1) is 6.61 Å². The van der Waals surface area contributed by atoms with E-state index in [1.165, 1.54) is 135 Å². The van der Waals surface area contributed by atoms with Crippen molar-refractivity contribution in [1.29, 1.82) is 0 Å². The largest absolute Gasteiger partial charge is 0.462 e. The standard InChI is InChI=1S/C81H130O5/c1-3-5-7-9-11-13-15-17-19-21-23-25-27-29-31-33-35-37-39-40-42-44-46-48-50-52-54-56-58-60-62-64-66-68-70-72-74-76-81(84)86-79(77-82)78-85-80(83)75-73-71-69-67-65-63-61-59-57-55-53-51-49-47-45-43-41-38-36-34-32-30-28-26-24-22-20-18-16-14-12-10-8-6-4-2/h5-8,11-14,17-20,23-26,29-32,35-38,40,42-43,45-46,48,79,82H,3-4,9-10,15-16,21-22,27-28,33-34,39,41,44,47,49-78H2,1-2H3/b7-5-,8-6-,13-11-,14-12-,19-17-,20-18-,25-23-,26-24-,31-29-,32-30-,37-35-,38-36-,42-40-,45-43-,48-46-. The molecule has 0 saturated heterocycles. The van der Waals surface area contributed by atoms with Crippen molar-refractivity contribution >= 4 is 11.9 Å². The van der Waals surface area contributed by atoms with Gasteiger partial charge in [-0.15, -0.1) is 0 Å². The second-order valence-corrected chi connectivity index (χ2v) is 22.8.